The number of para-hydroxylation sites is 1. The monoisotopic (exact) mass is 312 g/mol. The first-order chi connectivity index (χ1) is 11.4. The number of benzene rings is 1. The van der Waals surface area contributed by atoms with E-state index in [1.54, 1.807) is 0 Å². The first kappa shape index (κ1) is 13.9. The second kappa shape index (κ2) is 4.13. The number of nitrogens with zero attached hydrogens (tertiary/aromatic N) is 2. The summed E-state index contributed by atoms with van der Waals surface area (Å²) in [6.07, 6.45) is 4.37. The Bertz CT molecular complexity index is 1050. The Morgan fingerprint density at radius 1 is 0.958 bits per heavy atom. The molecule has 118 valence electrons. The van der Waals surface area contributed by atoms with E-state index in [0.717, 1.165) is 16.9 Å². The highest BCUT2D eigenvalue weighted by molar-refractivity contribution is 5.97. The van der Waals surface area contributed by atoms with E-state index in [9.17, 15) is 0 Å². The predicted octanol–water partition coefficient (Wildman–Crippen LogP) is 5.26. The smallest absolute Gasteiger partial charge is 0.0799 e. The molecule has 0 N–H and O–H groups in total. The predicted molar refractivity (Wildman–Crippen MR) is 99.0 cm³/mol. The highest BCUT2D eigenvalue weighted by atomic mass is 14.8. The molecular formula is C22H20N2. The average molecular weight is 312 g/mol. The molecule has 2 heteroatoms. The fraction of sp³-hybridized carbons (Fsp3) is 0.273. The van der Waals surface area contributed by atoms with Crippen LogP contribution in [-0.2, 0) is 10.8 Å². The minimum Gasteiger partial charge on any atom is -0.256 e. The zero-order chi connectivity index (χ0) is 16.7. The summed E-state index contributed by atoms with van der Waals surface area (Å²) in [6, 6.07) is 12.8. The Labute approximate surface area is 142 Å². The van der Waals surface area contributed by atoms with Crippen molar-refractivity contribution in [3.63, 3.8) is 0 Å². The summed E-state index contributed by atoms with van der Waals surface area (Å²) in [6.45, 7) is 9.17. The molecule has 0 atom stereocenters. The summed E-state index contributed by atoms with van der Waals surface area (Å²) >= 11 is 0. The highest BCUT2D eigenvalue weighted by Crippen LogP contribution is 2.56. The van der Waals surface area contributed by atoms with Gasteiger partial charge in [0.25, 0.3) is 0 Å². The molecule has 3 aromatic rings. The molecule has 0 unspecified atom stereocenters. The van der Waals surface area contributed by atoms with Crippen LogP contribution in [0.5, 0.6) is 0 Å². The largest absolute Gasteiger partial charge is 0.256 e. The summed E-state index contributed by atoms with van der Waals surface area (Å²) in [5.74, 6) is 0. The Balaban J connectivity index is 1.96. The normalized spacial score (nSPS) is 18.9. The minimum absolute atomic E-state index is 0.0428. The zero-order valence-electron chi connectivity index (χ0n) is 14.5. The molecule has 2 aliphatic rings. The molecule has 0 bridgehead atoms. The molecule has 2 heterocycles. The number of aromatic nitrogens is 2. The molecule has 0 aliphatic heterocycles. The minimum atomic E-state index is -0.113. The average Bonchev–Trinajstić information content (AvgIpc) is 2.85. The third kappa shape index (κ3) is 1.56. The third-order valence-corrected chi connectivity index (χ3v) is 5.66. The van der Waals surface area contributed by atoms with Crippen LogP contribution in [0.25, 0.3) is 27.7 Å². The molecule has 2 nitrogen and oxygen atoms in total. The van der Waals surface area contributed by atoms with Crippen LogP contribution in [0, 0.1) is 0 Å². The summed E-state index contributed by atoms with van der Waals surface area (Å²) in [5, 5.41) is 1.18. The van der Waals surface area contributed by atoms with Crippen molar-refractivity contribution in [2.24, 2.45) is 0 Å². The Morgan fingerprint density at radius 3 is 2.58 bits per heavy atom. The van der Waals surface area contributed by atoms with Crippen molar-refractivity contribution < 1.29 is 0 Å². The van der Waals surface area contributed by atoms with Crippen LogP contribution in [0.1, 0.15) is 44.5 Å². The molecule has 0 amide bonds. The van der Waals surface area contributed by atoms with E-state index < -0.39 is 0 Å². The number of hydrogen-bond acceptors (Lipinski definition) is 2. The molecule has 0 saturated heterocycles. The quantitative estimate of drug-likeness (QED) is 0.565. The van der Waals surface area contributed by atoms with Crippen molar-refractivity contribution in [2.45, 2.75) is 38.5 Å². The lowest BCUT2D eigenvalue weighted by Crippen LogP contribution is -2.26. The summed E-state index contributed by atoms with van der Waals surface area (Å²) < 4.78 is 0. The summed E-state index contributed by atoms with van der Waals surface area (Å²) in [7, 11) is 0. The molecule has 0 spiro atoms. The van der Waals surface area contributed by atoms with Gasteiger partial charge in [-0.2, -0.15) is 0 Å². The van der Waals surface area contributed by atoms with Gasteiger partial charge in [-0.05, 0) is 29.3 Å². The summed E-state index contributed by atoms with van der Waals surface area (Å²) in [4.78, 5) is 9.82. The first-order valence-corrected chi connectivity index (χ1v) is 8.53. The van der Waals surface area contributed by atoms with Gasteiger partial charge in [-0.15, -0.1) is 0 Å². The van der Waals surface area contributed by atoms with E-state index in [1.165, 1.54) is 27.6 Å². The van der Waals surface area contributed by atoms with Gasteiger partial charge in [0.2, 0.25) is 0 Å². The van der Waals surface area contributed by atoms with E-state index in [2.05, 4.69) is 70.2 Å². The van der Waals surface area contributed by atoms with Crippen molar-refractivity contribution in [1.82, 2.24) is 9.97 Å². The van der Waals surface area contributed by atoms with Crippen LogP contribution in [0.2, 0.25) is 0 Å². The maximum atomic E-state index is 5.06. The van der Waals surface area contributed by atoms with E-state index >= 15 is 0 Å². The first-order valence-electron chi connectivity index (χ1n) is 8.53. The molecule has 5 rings (SSSR count). The molecule has 0 saturated carbocycles. The second-order valence-corrected chi connectivity index (χ2v) is 8.06. The van der Waals surface area contributed by atoms with Gasteiger partial charge in [0.15, 0.2) is 0 Å². The molecular weight excluding hydrogens is 292 g/mol. The van der Waals surface area contributed by atoms with Crippen LogP contribution in [0.15, 0.2) is 48.7 Å². The maximum absolute atomic E-state index is 5.06. The van der Waals surface area contributed by atoms with Crippen molar-refractivity contribution in [2.75, 3.05) is 0 Å². The van der Waals surface area contributed by atoms with Crippen LogP contribution >= 0.6 is 0 Å². The van der Waals surface area contributed by atoms with Gasteiger partial charge in [-0.25, -0.2) is 0 Å². The van der Waals surface area contributed by atoms with E-state index in [0.29, 0.717) is 0 Å². The van der Waals surface area contributed by atoms with Crippen LogP contribution in [0.4, 0.5) is 0 Å². The van der Waals surface area contributed by atoms with E-state index in [1.807, 2.05) is 6.20 Å². The topological polar surface area (TPSA) is 25.8 Å². The van der Waals surface area contributed by atoms with Crippen molar-refractivity contribution in [3.8, 4) is 11.3 Å². The van der Waals surface area contributed by atoms with Crippen LogP contribution in [0.3, 0.4) is 0 Å². The lowest BCUT2D eigenvalue weighted by Gasteiger charge is -2.34. The van der Waals surface area contributed by atoms with E-state index in [-0.39, 0.29) is 10.8 Å². The Hall–Kier alpha value is -2.48. The molecule has 0 radical (unpaired) electrons. The highest BCUT2D eigenvalue weighted by Gasteiger charge is 2.44. The van der Waals surface area contributed by atoms with Crippen LogP contribution in [-0.4, -0.2) is 9.97 Å². The fourth-order valence-corrected chi connectivity index (χ4v) is 4.38. The number of rotatable bonds is 0. The number of fused-ring (bicyclic) bond motifs is 3. The van der Waals surface area contributed by atoms with Crippen LogP contribution < -0.4 is 0 Å². The van der Waals surface area contributed by atoms with Gasteiger partial charge in [-0.1, -0.05) is 52.0 Å². The molecule has 2 aliphatic carbocycles. The van der Waals surface area contributed by atoms with Gasteiger partial charge in [0.1, 0.15) is 0 Å². The lowest BCUT2D eigenvalue weighted by molar-refractivity contribution is 0.657. The van der Waals surface area contributed by atoms with Crippen molar-refractivity contribution >= 4 is 16.5 Å². The number of pyridine rings is 2. The molecule has 24 heavy (non-hydrogen) atoms. The summed E-state index contributed by atoms with van der Waals surface area (Å²) in [5.41, 5.74) is 8.50. The maximum Gasteiger partial charge on any atom is 0.0799 e. The lowest BCUT2D eigenvalue weighted by atomic mass is 9.71. The van der Waals surface area contributed by atoms with Gasteiger partial charge in [-0.3, -0.25) is 9.97 Å². The van der Waals surface area contributed by atoms with Gasteiger partial charge in [0, 0.05) is 33.5 Å². The molecule has 1 aromatic carbocycles. The Kier molecular flexibility index (Phi) is 2.39. The van der Waals surface area contributed by atoms with Gasteiger partial charge in [0.05, 0.1) is 16.9 Å². The SMILES string of the molecule is CC1(C)C=C2c3c1ccnc3-c1cc3ccccc3nc1C2(C)C. The fourth-order valence-electron chi connectivity index (χ4n) is 4.38. The molecule has 0 fully saturated rings. The second-order valence-electron chi connectivity index (χ2n) is 8.06. The zero-order valence-corrected chi connectivity index (χ0v) is 14.5. The molecule has 2 aromatic heterocycles. The number of hydrogen-bond donors (Lipinski definition) is 0. The standard InChI is InChI=1S/C22H20N2/c1-21(2)12-16-18-15(21)9-10-23-19(18)14-11-13-7-5-6-8-17(13)24-20(14)22(16,3)4/h5-12H,1-4H3. The van der Waals surface area contributed by atoms with Crippen molar-refractivity contribution in [1.29, 1.82) is 0 Å². The van der Waals surface area contributed by atoms with Gasteiger partial charge < -0.3 is 0 Å². The van der Waals surface area contributed by atoms with Crippen molar-refractivity contribution in [3.05, 3.63) is 65.5 Å². The Morgan fingerprint density at radius 2 is 1.75 bits per heavy atom. The van der Waals surface area contributed by atoms with E-state index in [4.69, 9.17) is 9.97 Å². The third-order valence-electron chi connectivity index (χ3n) is 5.66. The number of allylic oxidation sites excluding steroid dienone is 2. The van der Waals surface area contributed by atoms with Gasteiger partial charge >= 0.3 is 0 Å².